The van der Waals surface area contributed by atoms with E-state index < -0.39 is 11.8 Å². The third kappa shape index (κ3) is 3.72. The smallest absolute Gasteiger partial charge is 0.307 e. The van der Waals surface area contributed by atoms with E-state index in [9.17, 15) is 9.18 Å². The second-order valence-corrected chi connectivity index (χ2v) is 5.15. The van der Waals surface area contributed by atoms with Gasteiger partial charge in [0.2, 0.25) is 0 Å². The highest BCUT2D eigenvalue weighted by molar-refractivity contribution is 7.99. The number of rotatable bonds is 4. The lowest BCUT2D eigenvalue weighted by Gasteiger charge is -2.04. The number of hydrogen-bond acceptors (Lipinski definition) is 3. The van der Waals surface area contributed by atoms with Gasteiger partial charge < -0.3 is 10.8 Å². The quantitative estimate of drug-likeness (QED) is 0.842. The van der Waals surface area contributed by atoms with Crippen molar-refractivity contribution >= 4 is 23.4 Å². The number of hydrogen-bond donors (Lipinski definition) is 2. The van der Waals surface area contributed by atoms with Crippen LogP contribution in [0.5, 0.6) is 0 Å². The molecule has 0 fully saturated rings. The van der Waals surface area contributed by atoms with Gasteiger partial charge in [-0.15, -0.1) is 0 Å². The van der Waals surface area contributed by atoms with Gasteiger partial charge in [0.15, 0.2) is 0 Å². The fourth-order valence-electron chi connectivity index (χ4n) is 1.56. The predicted octanol–water partition coefficient (Wildman–Crippen LogP) is 3.19. The summed E-state index contributed by atoms with van der Waals surface area (Å²) in [4.78, 5) is 12.2. The number of halogens is 1. The molecule has 0 aromatic heterocycles. The summed E-state index contributed by atoms with van der Waals surface area (Å²) in [6.07, 6.45) is 0.00143. The van der Waals surface area contributed by atoms with Crippen LogP contribution in [0.4, 0.5) is 10.1 Å². The molecule has 0 saturated carbocycles. The molecule has 0 aliphatic carbocycles. The normalized spacial score (nSPS) is 10.4. The first-order valence-electron chi connectivity index (χ1n) is 5.58. The molecule has 3 N–H and O–H groups in total. The minimum absolute atomic E-state index is 0.00143. The second-order valence-electron chi connectivity index (χ2n) is 4.00. The van der Waals surface area contributed by atoms with Crippen LogP contribution in [0, 0.1) is 5.82 Å². The fraction of sp³-hybridized carbons (Fsp3) is 0.0714. The molecular weight excluding hydrogens is 265 g/mol. The molecule has 0 unspecified atom stereocenters. The first kappa shape index (κ1) is 13.4. The van der Waals surface area contributed by atoms with Crippen molar-refractivity contribution in [2.24, 2.45) is 0 Å². The largest absolute Gasteiger partial charge is 0.481 e. The first-order chi connectivity index (χ1) is 9.04. The van der Waals surface area contributed by atoms with Crippen LogP contribution in [-0.2, 0) is 11.2 Å². The number of aliphatic carboxylic acids is 1. The molecule has 19 heavy (non-hydrogen) atoms. The van der Waals surface area contributed by atoms with Gasteiger partial charge in [0.25, 0.3) is 0 Å². The van der Waals surface area contributed by atoms with E-state index in [0.29, 0.717) is 0 Å². The van der Waals surface area contributed by atoms with Crippen LogP contribution in [0.3, 0.4) is 0 Å². The second kappa shape index (κ2) is 5.75. The highest BCUT2D eigenvalue weighted by Gasteiger charge is 2.04. The van der Waals surface area contributed by atoms with Crippen molar-refractivity contribution in [1.29, 1.82) is 0 Å². The van der Waals surface area contributed by atoms with Crippen LogP contribution < -0.4 is 5.73 Å². The SMILES string of the molecule is Nc1ccc(Sc2ccc(CC(=O)O)cc2)cc1F. The molecule has 3 nitrogen and oxygen atoms in total. The molecule has 0 aliphatic rings. The van der Waals surface area contributed by atoms with E-state index in [1.54, 1.807) is 18.2 Å². The molecule has 0 amide bonds. The Kier molecular flexibility index (Phi) is 4.06. The maximum atomic E-state index is 13.3. The maximum absolute atomic E-state index is 13.3. The average Bonchev–Trinajstić information content (AvgIpc) is 2.36. The standard InChI is InChI=1S/C14H12FNO2S/c15-12-8-11(5-6-13(12)16)19-10-3-1-9(2-4-10)7-14(17)18/h1-6,8H,7,16H2,(H,17,18). The molecule has 2 aromatic carbocycles. The Balaban J connectivity index is 2.10. The van der Waals surface area contributed by atoms with Crippen LogP contribution in [0.25, 0.3) is 0 Å². The van der Waals surface area contributed by atoms with Crippen LogP contribution in [0.1, 0.15) is 5.56 Å². The molecule has 0 radical (unpaired) electrons. The fourth-order valence-corrected chi connectivity index (χ4v) is 2.40. The number of carbonyl (C=O) groups is 1. The minimum atomic E-state index is -0.860. The van der Waals surface area contributed by atoms with E-state index in [1.165, 1.54) is 23.9 Å². The predicted molar refractivity (Wildman–Crippen MR) is 72.7 cm³/mol. The Morgan fingerprint density at radius 3 is 2.37 bits per heavy atom. The van der Waals surface area contributed by atoms with E-state index in [-0.39, 0.29) is 12.1 Å². The minimum Gasteiger partial charge on any atom is -0.481 e. The molecule has 0 atom stereocenters. The molecule has 98 valence electrons. The van der Waals surface area contributed by atoms with Crippen molar-refractivity contribution in [2.45, 2.75) is 16.2 Å². The zero-order chi connectivity index (χ0) is 13.8. The van der Waals surface area contributed by atoms with Crippen LogP contribution in [0.2, 0.25) is 0 Å². The summed E-state index contributed by atoms with van der Waals surface area (Å²) in [5.74, 6) is -1.30. The Morgan fingerprint density at radius 1 is 1.16 bits per heavy atom. The number of carboxylic acid groups (broad SMARTS) is 1. The van der Waals surface area contributed by atoms with Gasteiger partial charge >= 0.3 is 5.97 Å². The lowest BCUT2D eigenvalue weighted by Crippen LogP contribution is -1.99. The number of nitrogens with two attached hydrogens (primary N) is 1. The number of carboxylic acids is 1. The summed E-state index contributed by atoms with van der Waals surface area (Å²) >= 11 is 1.40. The summed E-state index contributed by atoms with van der Waals surface area (Å²) in [5.41, 5.74) is 6.27. The Hall–Kier alpha value is -2.01. The van der Waals surface area contributed by atoms with E-state index in [4.69, 9.17) is 10.8 Å². The van der Waals surface area contributed by atoms with Crippen molar-refractivity contribution < 1.29 is 14.3 Å². The van der Waals surface area contributed by atoms with Crippen molar-refractivity contribution in [3.63, 3.8) is 0 Å². The summed E-state index contributed by atoms with van der Waals surface area (Å²) in [6, 6.07) is 11.8. The maximum Gasteiger partial charge on any atom is 0.307 e. The van der Waals surface area contributed by atoms with Gasteiger partial charge in [-0.3, -0.25) is 4.79 Å². The summed E-state index contributed by atoms with van der Waals surface area (Å²) in [7, 11) is 0. The number of anilines is 1. The van der Waals surface area contributed by atoms with Crippen molar-refractivity contribution in [2.75, 3.05) is 5.73 Å². The number of nitrogen functional groups attached to an aromatic ring is 1. The summed E-state index contributed by atoms with van der Waals surface area (Å²) < 4.78 is 13.3. The third-order valence-corrected chi connectivity index (χ3v) is 3.48. The monoisotopic (exact) mass is 277 g/mol. The van der Waals surface area contributed by atoms with E-state index in [0.717, 1.165) is 15.4 Å². The third-order valence-electron chi connectivity index (χ3n) is 2.49. The zero-order valence-corrected chi connectivity index (χ0v) is 10.8. The van der Waals surface area contributed by atoms with Crippen LogP contribution >= 0.6 is 11.8 Å². The lowest BCUT2D eigenvalue weighted by molar-refractivity contribution is -0.136. The molecule has 0 saturated heterocycles. The van der Waals surface area contributed by atoms with Crippen molar-refractivity contribution in [1.82, 2.24) is 0 Å². The average molecular weight is 277 g/mol. The van der Waals surface area contributed by atoms with Crippen LogP contribution in [-0.4, -0.2) is 11.1 Å². The Bertz CT molecular complexity index is 599. The molecule has 0 spiro atoms. The molecule has 0 bridgehead atoms. The van der Waals surface area contributed by atoms with Crippen molar-refractivity contribution in [3.05, 3.63) is 53.8 Å². The molecule has 2 aromatic rings. The van der Waals surface area contributed by atoms with Gasteiger partial charge in [0.1, 0.15) is 5.82 Å². The van der Waals surface area contributed by atoms with Gasteiger partial charge in [-0.1, -0.05) is 23.9 Å². The van der Waals surface area contributed by atoms with Crippen molar-refractivity contribution in [3.8, 4) is 0 Å². The van der Waals surface area contributed by atoms with Gasteiger partial charge in [0, 0.05) is 9.79 Å². The lowest BCUT2D eigenvalue weighted by atomic mass is 10.2. The molecular formula is C14H12FNO2S. The highest BCUT2D eigenvalue weighted by atomic mass is 32.2. The topological polar surface area (TPSA) is 63.3 Å². The van der Waals surface area contributed by atoms with Gasteiger partial charge in [-0.2, -0.15) is 0 Å². The van der Waals surface area contributed by atoms with Gasteiger partial charge in [-0.05, 0) is 35.9 Å². The molecule has 5 heteroatoms. The highest BCUT2D eigenvalue weighted by Crippen LogP contribution is 2.29. The summed E-state index contributed by atoms with van der Waals surface area (Å²) in [6.45, 7) is 0. The zero-order valence-electron chi connectivity index (χ0n) is 9.97. The Labute approximate surface area is 114 Å². The van der Waals surface area contributed by atoms with Gasteiger partial charge in [0.05, 0.1) is 12.1 Å². The summed E-state index contributed by atoms with van der Waals surface area (Å²) in [5, 5.41) is 8.67. The first-order valence-corrected chi connectivity index (χ1v) is 6.40. The van der Waals surface area contributed by atoms with E-state index >= 15 is 0 Å². The van der Waals surface area contributed by atoms with Crippen LogP contribution in [0.15, 0.2) is 52.3 Å². The number of benzene rings is 2. The molecule has 0 heterocycles. The van der Waals surface area contributed by atoms with Gasteiger partial charge in [-0.25, -0.2) is 4.39 Å². The van der Waals surface area contributed by atoms with E-state index in [1.807, 2.05) is 12.1 Å². The molecule has 2 rings (SSSR count). The molecule has 0 aliphatic heterocycles. The van der Waals surface area contributed by atoms with E-state index in [2.05, 4.69) is 0 Å². The Morgan fingerprint density at radius 2 is 1.79 bits per heavy atom.